The van der Waals surface area contributed by atoms with E-state index in [1.807, 2.05) is 29.2 Å². The molecule has 0 radical (unpaired) electrons. The van der Waals surface area contributed by atoms with Gasteiger partial charge in [-0.25, -0.2) is 0 Å². The van der Waals surface area contributed by atoms with E-state index >= 15 is 0 Å². The summed E-state index contributed by atoms with van der Waals surface area (Å²) in [6.07, 6.45) is 0. The zero-order chi connectivity index (χ0) is 15.5. The Labute approximate surface area is 142 Å². The average Bonchev–Trinajstić information content (AvgIpc) is 3.04. The first-order valence-electron chi connectivity index (χ1n) is 7.29. The maximum Gasteiger partial charge on any atom is 0.267 e. The average molecular weight is 381 g/mol. The number of benzene rings is 1. The Bertz CT molecular complexity index is 650. The van der Waals surface area contributed by atoms with E-state index in [2.05, 4.69) is 37.3 Å². The first-order valence-corrected chi connectivity index (χ1v) is 8.85. The zero-order valence-electron chi connectivity index (χ0n) is 12.3. The summed E-state index contributed by atoms with van der Waals surface area (Å²) in [5.74, 6) is 0.0451. The van der Waals surface area contributed by atoms with Gasteiger partial charge in [-0.2, -0.15) is 0 Å². The van der Waals surface area contributed by atoms with Crippen LogP contribution >= 0.6 is 27.5 Å². The van der Waals surface area contributed by atoms with Crippen LogP contribution in [0.2, 0.25) is 0 Å². The number of amides is 1. The van der Waals surface area contributed by atoms with Crippen LogP contribution in [0.3, 0.4) is 0 Å². The van der Waals surface area contributed by atoms with Crippen LogP contribution in [0.1, 0.15) is 16.6 Å². The van der Waals surface area contributed by atoms with Gasteiger partial charge in [0, 0.05) is 36.2 Å². The van der Waals surface area contributed by atoms with Crippen molar-refractivity contribution in [2.24, 2.45) is 0 Å². The number of hydrogen-bond donors (Lipinski definition) is 0. The Hall–Kier alpha value is -1.31. The predicted octanol–water partition coefficient (Wildman–Crippen LogP) is 2.75. The maximum absolute atomic E-state index is 12.7. The molecule has 5 nitrogen and oxygen atoms in total. The molecular formula is C15H17BrN4OS. The highest BCUT2D eigenvalue weighted by molar-refractivity contribution is 9.10. The number of halogens is 1. The molecule has 0 atom stereocenters. The number of aromatic nitrogens is 2. The van der Waals surface area contributed by atoms with Gasteiger partial charge in [-0.15, -0.1) is 5.10 Å². The Balaban J connectivity index is 1.80. The molecule has 2 heterocycles. The lowest BCUT2D eigenvalue weighted by atomic mass is 10.1. The van der Waals surface area contributed by atoms with Crippen LogP contribution in [0.5, 0.6) is 0 Å². The van der Waals surface area contributed by atoms with E-state index in [9.17, 15) is 4.79 Å². The van der Waals surface area contributed by atoms with Crippen molar-refractivity contribution >= 4 is 33.4 Å². The Morgan fingerprint density at radius 1 is 1.23 bits per heavy atom. The third-order valence-electron chi connectivity index (χ3n) is 3.91. The second-order valence-corrected chi connectivity index (χ2v) is 6.85. The van der Waals surface area contributed by atoms with Crippen molar-refractivity contribution < 1.29 is 4.79 Å². The SMILES string of the molecule is CCN1CCN(C(=O)c2snnc2-c2ccc(Br)cc2)CC1. The van der Waals surface area contributed by atoms with Gasteiger partial charge in [-0.05, 0) is 30.2 Å². The highest BCUT2D eigenvalue weighted by Gasteiger charge is 2.26. The third kappa shape index (κ3) is 3.21. The van der Waals surface area contributed by atoms with Crippen LogP contribution in [-0.4, -0.2) is 58.0 Å². The van der Waals surface area contributed by atoms with E-state index in [0.29, 0.717) is 10.6 Å². The molecule has 1 amide bonds. The summed E-state index contributed by atoms with van der Waals surface area (Å²) in [5, 5.41) is 4.16. The fraction of sp³-hybridized carbons (Fsp3) is 0.400. The normalized spacial score (nSPS) is 16.0. The molecule has 0 bridgehead atoms. The molecule has 0 aliphatic carbocycles. The number of nitrogens with zero attached hydrogens (tertiary/aromatic N) is 4. The van der Waals surface area contributed by atoms with Gasteiger partial charge in [0.15, 0.2) is 0 Å². The van der Waals surface area contributed by atoms with Crippen molar-refractivity contribution in [3.63, 3.8) is 0 Å². The molecule has 1 aliphatic rings. The Morgan fingerprint density at radius 3 is 2.55 bits per heavy atom. The van der Waals surface area contributed by atoms with Crippen molar-refractivity contribution in [1.82, 2.24) is 19.4 Å². The highest BCUT2D eigenvalue weighted by Crippen LogP contribution is 2.26. The quantitative estimate of drug-likeness (QED) is 0.821. The molecule has 22 heavy (non-hydrogen) atoms. The molecular weight excluding hydrogens is 364 g/mol. The van der Waals surface area contributed by atoms with Gasteiger partial charge in [0.1, 0.15) is 10.6 Å². The van der Waals surface area contributed by atoms with Crippen LogP contribution in [0.25, 0.3) is 11.3 Å². The predicted molar refractivity (Wildman–Crippen MR) is 91.1 cm³/mol. The smallest absolute Gasteiger partial charge is 0.267 e. The van der Waals surface area contributed by atoms with Gasteiger partial charge >= 0.3 is 0 Å². The standard InChI is InChI=1S/C15H17BrN4OS/c1-2-19-7-9-20(10-8-19)15(21)14-13(17-18-22-14)11-3-5-12(16)6-4-11/h3-6H,2,7-10H2,1H3. The van der Waals surface area contributed by atoms with Crippen LogP contribution in [0, 0.1) is 0 Å². The van der Waals surface area contributed by atoms with Gasteiger partial charge < -0.3 is 9.80 Å². The molecule has 1 aliphatic heterocycles. The molecule has 0 spiro atoms. The number of hydrogen-bond acceptors (Lipinski definition) is 5. The molecule has 3 rings (SSSR count). The third-order valence-corrected chi connectivity index (χ3v) is 5.15. The summed E-state index contributed by atoms with van der Waals surface area (Å²) in [5.41, 5.74) is 1.60. The highest BCUT2D eigenvalue weighted by atomic mass is 79.9. The fourth-order valence-corrected chi connectivity index (χ4v) is 3.46. The van der Waals surface area contributed by atoms with Gasteiger partial charge in [-0.1, -0.05) is 39.5 Å². The molecule has 1 aromatic heterocycles. The summed E-state index contributed by atoms with van der Waals surface area (Å²) in [6, 6.07) is 7.80. The minimum Gasteiger partial charge on any atom is -0.335 e. The second-order valence-electron chi connectivity index (χ2n) is 5.18. The first-order chi connectivity index (χ1) is 10.7. The van der Waals surface area contributed by atoms with Crippen LogP contribution in [0.4, 0.5) is 0 Å². The molecule has 0 unspecified atom stereocenters. The Morgan fingerprint density at radius 2 is 1.91 bits per heavy atom. The van der Waals surface area contributed by atoms with E-state index in [0.717, 1.165) is 42.8 Å². The number of likely N-dealkylation sites (N-methyl/N-ethyl adjacent to an activating group) is 1. The molecule has 0 saturated carbocycles. The molecule has 1 fully saturated rings. The topological polar surface area (TPSA) is 49.3 Å². The number of carbonyl (C=O) groups excluding carboxylic acids is 1. The van der Waals surface area contributed by atoms with Crippen molar-refractivity contribution in [3.8, 4) is 11.3 Å². The fourth-order valence-electron chi connectivity index (χ4n) is 2.54. The number of carbonyl (C=O) groups is 1. The van der Waals surface area contributed by atoms with Crippen molar-refractivity contribution in [2.75, 3.05) is 32.7 Å². The molecule has 2 aromatic rings. The van der Waals surface area contributed by atoms with Gasteiger partial charge in [0.05, 0.1) is 0 Å². The zero-order valence-corrected chi connectivity index (χ0v) is 14.7. The lowest BCUT2D eigenvalue weighted by Gasteiger charge is -2.33. The lowest BCUT2D eigenvalue weighted by Crippen LogP contribution is -2.48. The van der Waals surface area contributed by atoms with Crippen LogP contribution in [0.15, 0.2) is 28.7 Å². The van der Waals surface area contributed by atoms with Gasteiger partial charge in [-0.3, -0.25) is 4.79 Å². The summed E-state index contributed by atoms with van der Waals surface area (Å²) < 4.78 is 4.99. The molecule has 7 heteroatoms. The van der Waals surface area contributed by atoms with Crippen LogP contribution < -0.4 is 0 Å². The van der Waals surface area contributed by atoms with Gasteiger partial charge in [0.25, 0.3) is 5.91 Å². The van der Waals surface area contributed by atoms with E-state index in [1.54, 1.807) is 0 Å². The minimum atomic E-state index is 0.0451. The summed E-state index contributed by atoms with van der Waals surface area (Å²) in [6.45, 7) is 6.59. The van der Waals surface area contributed by atoms with Crippen molar-refractivity contribution in [1.29, 1.82) is 0 Å². The van der Waals surface area contributed by atoms with E-state index in [1.165, 1.54) is 11.5 Å². The maximum atomic E-state index is 12.7. The van der Waals surface area contributed by atoms with E-state index < -0.39 is 0 Å². The van der Waals surface area contributed by atoms with E-state index in [4.69, 9.17) is 0 Å². The molecule has 0 N–H and O–H groups in total. The second kappa shape index (κ2) is 6.85. The number of piperazine rings is 1. The summed E-state index contributed by atoms with van der Waals surface area (Å²) >= 11 is 4.60. The van der Waals surface area contributed by atoms with Crippen molar-refractivity contribution in [2.45, 2.75) is 6.92 Å². The molecule has 1 saturated heterocycles. The summed E-state index contributed by atoms with van der Waals surface area (Å²) in [7, 11) is 0. The lowest BCUT2D eigenvalue weighted by molar-refractivity contribution is 0.0648. The first kappa shape index (κ1) is 15.6. The minimum absolute atomic E-state index is 0.0451. The molecule has 1 aromatic carbocycles. The summed E-state index contributed by atoms with van der Waals surface area (Å²) in [4.78, 5) is 17.6. The largest absolute Gasteiger partial charge is 0.335 e. The van der Waals surface area contributed by atoms with Crippen LogP contribution in [-0.2, 0) is 0 Å². The monoisotopic (exact) mass is 380 g/mol. The van der Waals surface area contributed by atoms with E-state index in [-0.39, 0.29) is 5.91 Å². The van der Waals surface area contributed by atoms with Crippen molar-refractivity contribution in [3.05, 3.63) is 33.6 Å². The Kier molecular flexibility index (Phi) is 4.85. The molecule has 116 valence electrons. The number of rotatable bonds is 3. The van der Waals surface area contributed by atoms with Gasteiger partial charge in [0.2, 0.25) is 0 Å².